The van der Waals surface area contributed by atoms with E-state index in [9.17, 15) is 4.79 Å². The predicted octanol–water partition coefficient (Wildman–Crippen LogP) is 5.02. The van der Waals surface area contributed by atoms with Gasteiger partial charge in [-0.25, -0.2) is 4.98 Å². The third kappa shape index (κ3) is 3.43. The molecule has 128 valence electrons. The van der Waals surface area contributed by atoms with Gasteiger partial charge in [-0.3, -0.25) is 4.79 Å². The van der Waals surface area contributed by atoms with E-state index in [-0.39, 0.29) is 5.91 Å². The van der Waals surface area contributed by atoms with Crippen LogP contribution in [0.15, 0.2) is 72.4 Å². The van der Waals surface area contributed by atoms with Gasteiger partial charge in [0.2, 0.25) is 5.91 Å². The van der Waals surface area contributed by atoms with E-state index in [1.165, 1.54) is 0 Å². The Morgan fingerprint density at radius 1 is 1.19 bits per heavy atom. The van der Waals surface area contributed by atoms with Crippen LogP contribution in [0, 0.1) is 6.92 Å². The van der Waals surface area contributed by atoms with E-state index < -0.39 is 0 Å². The number of thiophene rings is 1. The van der Waals surface area contributed by atoms with Gasteiger partial charge in [-0.15, -0.1) is 11.3 Å². The van der Waals surface area contributed by atoms with Crippen LogP contribution < -0.4 is 5.32 Å². The second-order valence-electron chi connectivity index (χ2n) is 5.97. The van der Waals surface area contributed by atoms with Gasteiger partial charge in [-0.05, 0) is 48.2 Å². The van der Waals surface area contributed by atoms with E-state index >= 15 is 0 Å². The van der Waals surface area contributed by atoms with E-state index in [0.717, 1.165) is 33.0 Å². The molecule has 0 saturated heterocycles. The molecule has 1 amide bonds. The fourth-order valence-corrected chi connectivity index (χ4v) is 3.39. The Morgan fingerprint density at radius 3 is 2.92 bits per heavy atom. The summed E-state index contributed by atoms with van der Waals surface area (Å²) >= 11 is 1.60. The lowest BCUT2D eigenvalue weighted by molar-refractivity contribution is -0.111. The number of nitrogens with zero attached hydrogens (tertiary/aromatic N) is 2. The normalized spacial score (nSPS) is 11.3. The van der Waals surface area contributed by atoms with Crippen molar-refractivity contribution in [3.05, 3.63) is 82.8 Å². The number of pyridine rings is 1. The topological polar surface area (TPSA) is 46.4 Å². The van der Waals surface area contributed by atoms with E-state index in [2.05, 4.69) is 5.32 Å². The molecule has 4 rings (SSSR count). The molecule has 0 atom stereocenters. The summed E-state index contributed by atoms with van der Waals surface area (Å²) in [5, 5.41) is 4.89. The average molecular weight is 359 g/mol. The van der Waals surface area contributed by atoms with E-state index in [1.807, 2.05) is 83.7 Å². The van der Waals surface area contributed by atoms with Gasteiger partial charge in [0.05, 0.1) is 5.69 Å². The van der Waals surface area contributed by atoms with Gasteiger partial charge < -0.3 is 9.72 Å². The van der Waals surface area contributed by atoms with Crippen molar-refractivity contribution in [2.45, 2.75) is 6.92 Å². The molecule has 0 bridgehead atoms. The Balaban J connectivity index is 1.56. The minimum absolute atomic E-state index is 0.151. The molecular weight excluding hydrogens is 342 g/mol. The molecule has 4 aromatic rings. The zero-order valence-electron chi connectivity index (χ0n) is 14.2. The lowest BCUT2D eigenvalue weighted by Gasteiger charge is -2.04. The minimum Gasteiger partial charge on any atom is -0.322 e. The SMILES string of the molecule is Cc1cccn2cc(-c3cccc(NC(=O)/C=C/c4cccs4)c3)nc12. The lowest BCUT2D eigenvalue weighted by atomic mass is 10.1. The maximum atomic E-state index is 12.1. The molecule has 26 heavy (non-hydrogen) atoms. The average Bonchev–Trinajstić information content (AvgIpc) is 3.30. The highest BCUT2D eigenvalue weighted by Gasteiger charge is 2.07. The number of aromatic nitrogens is 2. The number of carbonyl (C=O) groups is 1. The number of rotatable bonds is 4. The van der Waals surface area contributed by atoms with Crippen LogP contribution in [0.3, 0.4) is 0 Å². The van der Waals surface area contributed by atoms with Crippen LogP contribution in [-0.4, -0.2) is 15.3 Å². The van der Waals surface area contributed by atoms with Crippen molar-refractivity contribution < 1.29 is 4.79 Å². The molecule has 0 aliphatic carbocycles. The number of benzene rings is 1. The quantitative estimate of drug-likeness (QED) is 0.520. The number of fused-ring (bicyclic) bond motifs is 1. The fraction of sp³-hybridized carbons (Fsp3) is 0.0476. The Hall–Kier alpha value is -3.18. The molecule has 0 fully saturated rings. The van der Waals surface area contributed by atoms with Crippen molar-refractivity contribution in [1.82, 2.24) is 9.38 Å². The van der Waals surface area contributed by atoms with Crippen molar-refractivity contribution in [3.8, 4) is 11.3 Å². The van der Waals surface area contributed by atoms with E-state index in [0.29, 0.717) is 0 Å². The molecule has 3 aromatic heterocycles. The number of carbonyl (C=O) groups excluding carboxylic acids is 1. The number of nitrogens with one attached hydrogen (secondary N) is 1. The molecule has 0 unspecified atom stereocenters. The second kappa shape index (κ2) is 6.98. The summed E-state index contributed by atoms with van der Waals surface area (Å²) in [7, 11) is 0. The smallest absolute Gasteiger partial charge is 0.248 e. The standard InChI is InChI=1S/C21H17N3OS/c1-15-5-3-11-24-14-19(23-21(15)24)16-6-2-7-17(13-16)22-20(25)10-9-18-8-4-12-26-18/h2-14H,1H3,(H,22,25)/b10-9+. The van der Waals surface area contributed by atoms with Crippen LogP contribution in [0.5, 0.6) is 0 Å². The van der Waals surface area contributed by atoms with Gasteiger partial charge in [-0.1, -0.05) is 24.3 Å². The Kier molecular flexibility index (Phi) is 4.37. The Bertz CT molecular complexity index is 1090. The molecule has 1 N–H and O–H groups in total. The summed E-state index contributed by atoms with van der Waals surface area (Å²) in [4.78, 5) is 17.9. The van der Waals surface area contributed by atoms with Crippen LogP contribution in [0.25, 0.3) is 23.0 Å². The van der Waals surface area contributed by atoms with Gasteiger partial charge in [0.1, 0.15) is 5.65 Å². The van der Waals surface area contributed by atoms with Crippen molar-refractivity contribution >= 4 is 34.7 Å². The van der Waals surface area contributed by atoms with Gasteiger partial charge in [0.15, 0.2) is 0 Å². The highest BCUT2D eigenvalue weighted by atomic mass is 32.1. The van der Waals surface area contributed by atoms with Crippen molar-refractivity contribution in [2.24, 2.45) is 0 Å². The third-order valence-electron chi connectivity index (χ3n) is 4.05. The number of hydrogen-bond donors (Lipinski definition) is 1. The Morgan fingerprint density at radius 2 is 2.12 bits per heavy atom. The summed E-state index contributed by atoms with van der Waals surface area (Å²) in [6.45, 7) is 2.04. The first kappa shape index (κ1) is 16.3. The highest BCUT2D eigenvalue weighted by Crippen LogP contribution is 2.23. The molecule has 4 nitrogen and oxygen atoms in total. The van der Waals surface area contributed by atoms with Crippen LogP contribution in [0.2, 0.25) is 0 Å². The van der Waals surface area contributed by atoms with Gasteiger partial charge in [0, 0.05) is 34.6 Å². The summed E-state index contributed by atoms with van der Waals surface area (Å²) in [5.41, 5.74) is 4.66. The summed E-state index contributed by atoms with van der Waals surface area (Å²) < 4.78 is 2.01. The highest BCUT2D eigenvalue weighted by molar-refractivity contribution is 7.10. The van der Waals surface area contributed by atoms with Gasteiger partial charge in [-0.2, -0.15) is 0 Å². The van der Waals surface area contributed by atoms with Crippen LogP contribution in [0.4, 0.5) is 5.69 Å². The first-order chi connectivity index (χ1) is 12.7. The first-order valence-corrected chi connectivity index (χ1v) is 9.14. The zero-order chi connectivity index (χ0) is 17.9. The third-order valence-corrected chi connectivity index (χ3v) is 4.88. The Labute approximate surface area is 155 Å². The van der Waals surface area contributed by atoms with Crippen LogP contribution in [0.1, 0.15) is 10.4 Å². The second-order valence-corrected chi connectivity index (χ2v) is 6.95. The predicted molar refractivity (Wildman–Crippen MR) is 107 cm³/mol. The molecule has 0 saturated carbocycles. The number of imidazole rings is 1. The fourth-order valence-electron chi connectivity index (χ4n) is 2.78. The van der Waals surface area contributed by atoms with E-state index in [1.54, 1.807) is 17.4 Å². The van der Waals surface area contributed by atoms with Gasteiger partial charge >= 0.3 is 0 Å². The largest absolute Gasteiger partial charge is 0.322 e. The minimum atomic E-state index is -0.151. The zero-order valence-corrected chi connectivity index (χ0v) is 15.0. The number of anilines is 1. The van der Waals surface area contributed by atoms with Crippen molar-refractivity contribution in [2.75, 3.05) is 5.32 Å². The molecular formula is C21H17N3OS. The summed E-state index contributed by atoms with van der Waals surface area (Å²) in [6, 6.07) is 15.7. The number of amides is 1. The molecule has 0 spiro atoms. The number of aryl methyl sites for hydroxylation is 1. The maximum absolute atomic E-state index is 12.1. The molecule has 3 heterocycles. The molecule has 0 aliphatic heterocycles. The molecule has 0 aliphatic rings. The first-order valence-electron chi connectivity index (χ1n) is 8.26. The molecule has 5 heteroatoms. The number of hydrogen-bond acceptors (Lipinski definition) is 3. The molecule has 0 radical (unpaired) electrons. The lowest BCUT2D eigenvalue weighted by Crippen LogP contribution is -2.07. The van der Waals surface area contributed by atoms with Gasteiger partial charge in [0.25, 0.3) is 0 Å². The van der Waals surface area contributed by atoms with Crippen LogP contribution in [-0.2, 0) is 4.79 Å². The maximum Gasteiger partial charge on any atom is 0.248 e. The molecule has 1 aromatic carbocycles. The monoisotopic (exact) mass is 359 g/mol. The summed E-state index contributed by atoms with van der Waals surface area (Å²) in [5.74, 6) is -0.151. The van der Waals surface area contributed by atoms with Crippen molar-refractivity contribution in [1.29, 1.82) is 0 Å². The van der Waals surface area contributed by atoms with Crippen molar-refractivity contribution in [3.63, 3.8) is 0 Å². The summed E-state index contributed by atoms with van der Waals surface area (Å²) in [6.07, 6.45) is 7.35. The van der Waals surface area contributed by atoms with E-state index in [4.69, 9.17) is 4.98 Å². The van der Waals surface area contributed by atoms with Crippen LogP contribution >= 0.6 is 11.3 Å².